The zero-order chi connectivity index (χ0) is 16.3. The molecular formula is C19H17F2NO. The quantitative estimate of drug-likeness (QED) is 0.711. The first-order chi connectivity index (χ1) is 11.0. The Morgan fingerprint density at radius 3 is 2.48 bits per heavy atom. The lowest BCUT2D eigenvalue weighted by molar-refractivity contribution is 0.0173. The second kappa shape index (κ2) is 6.32. The Balaban J connectivity index is 1.76. The van der Waals surface area contributed by atoms with E-state index in [9.17, 15) is 8.78 Å². The molecule has 0 unspecified atom stereocenters. The Morgan fingerprint density at radius 1 is 1.04 bits per heavy atom. The SMILES string of the molecule is CC(F)(F)c1cccc(Oc2ccc(C3=NC=CCC3)cc2)c1. The number of rotatable bonds is 4. The molecule has 4 heteroatoms. The van der Waals surface area contributed by atoms with Crippen molar-refractivity contribution in [2.45, 2.75) is 25.7 Å². The van der Waals surface area contributed by atoms with Gasteiger partial charge in [-0.2, -0.15) is 0 Å². The summed E-state index contributed by atoms with van der Waals surface area (Å²) in [7, 11) is 0. The van der Waals surface area contributed by atoms with Gasteiger partial charge in [-0.05, 0) is 54.8 Å². The lowest BCUT2D eigenvalue weighted by atomic mass is 10.0. The zero-order valence-corrected chi connectivity index (χ0v) is 12.8. The topological polar surface area (TPSA) is 21.6 Å². The molecule has 1 aliphatic heterocycles. The Labute approximate surface area is 134 Å². The van der Waals surface area contributed by atoms with Crippen LogP contribution in [0, 0.1) is 0 Å². The Morgan fingerprint density at radius 2 is 1.83 bits per heavy atom. The van der Waals surface area contributed by atoms with Crippen molar-refractivity contribution in [2.24, 2.45) is 4.99 Å². The third kappa shape index (κ3) is 3.83. The predicted molar refractivity (Wildman–Crippen MR) is 87.4 cm³/mol. The zero-order valence-electron chi connectivity index (χ0n) is 12.8. The first-order valence-electron chi connectivity index (χ1n) is 7.51. The standard InChI is InChI=1S/C19H17F2NO/c1-19(20,21)15-5-4-6-17(13-15)23-16-10-8-14(9-11-16)18-7-2-3-12-22-18/h3-6,8-13H,2,7H2,1H3. The number of aliphatic imine (C=N–C) groups is 1. The van der Waals surface area contributed by atoms with Crippen LogP contribution in [0.3, 0.4) is 0 Å². The van der Waals surface area contributed by atoms with Crippen molar-refractivity contribution in [3.05, 3.63) is 71.9 Å². The van der Waals surface area contributed by atoms with E-state index in [1.165, 1.54) is 12.1 Å². The minimum Gasteiger partial charge on any atom is -0.457 e. The molecule has 0 N–H and O–H groups in total. The van der Waals surface area contributed by atoms with E-state index in [1.807, 2.05) is 36.5 Å². The second-order valence-electron chi connectivity index (χ2n) is 5.54. The summed E-state index contributed by atoms with van der Waals surface area (Å²) >= 11 is 0. The molecule has 23 heavy (non-hydrogen) atoms. The number of halogens is 2. The highest BCUT2D eigenvalue weighted by molar-refractivity contribution is 6.01. The minimum absolute atomic E-state index is 0.0602. The molecule has 2 aromatic carbocycles. The lowest BCUT2D eigenvalue weighted by Crippen LogP contribution is -2.06. The van der Waals surface area contributed by atoms with Crippen LogP contribution in [0.1, 0.15) is 30.9 Å². The third-order valence-electron chi connectivity index (χ3n) is 3.65. The van der Waals surface area contributed by atoms with Crippen LogP contribution in [0.4, 0.5) is 8.78 Å². The normalized spacial score (nSPS) is 14.5. The van der Waals surface area contributed by atoms with Gasteiger partial charge in [-0.15, -0.1) is 0 Å². The summed E-state index contributed by atoms with van der Waals surface area (Å²) in [5.41, 5.74) is 2.04. The molecule has 3 rings (SSSR count). The lowest BCUT2D eigenvalue weighted by Gasteiger charge is -2.13. The molecule has 0 atom stereocenters. The molecule has 0 saturated carbocycles. The fourth-order valence-corrected chi connectivity index (χ4v) is 2.40. The summed E-state index contributed by atoms with van der Waals surface area (Å²) < 4.78 is 32.4. The van der Waals surface area contributed by atoms with Gasteiger partial charge in [0, 0.05) is 24.4 Å². The van der Waals surface area contributed by atoms with Crippen LogP contribution in [0.15, 0.2) is 65.8 Å². The molecule has 0 fully saturated rings. The number of hydrogen-bond donors (Lipinski definition) is 0. The van der Waals surface area contributed by atoms with Gasteiger partial charge in [0.2, 0.25) is 0 Å². The number of hydrogen-bond acceptors (Lipinski definition) is 2. The Bertz CT molecular complexity index is 743. The molecular weight excluding hydrogens is 296 g/mol. The van der Waals surface area contributed by atoms with Crippen molar-refractivity contribution in [2.75, 3.05) is 0 Å². The van der Waals surface area contributed by atoms with E-state index in [1.54, 1.807) is 12.1 Å². The Hall–Kier alpha value is -2.49. The van der Waals surface area contributed by atoms with Gasteiger partial charge >= 0.3 is 0 Å². The van der Waals surface area contributed by atoms with E-state index in [0.717, 1.165) is 31.0 Å². The molecule has 1 aliphatic rings. The number of benzene rings is 2. The molecule has 1 heterocycles. The monoisotopic (exact) mass is 313 g/mol. The van der Waals surface area contributed by atoms with Crippen molar-refractivity contribution in [1.82, 2.24) is 0 Å². The summed E-state index contributed by atoms with van der Waals surface area (Å²) in [6.07, 6.45) is 5.77. The van der Waals surface area contributed by atoms with E-state index in [-0.39, 0.29) is 5.56 Å². The Kier molecular flexibility index (Phi) is 4.24. The molecule has 0 aliphatic carbocycles. The molecule has 0 saturated heterocycles. The van der Waals surface area contributed by atoms with Crippen molar-refractivity contribution < 1.29 is 13.5 Å². The molecule has 2 nitrogen and oxygen atoms in total. The van der Waals surface area contributed by atoms with Crippen molar-refractivity contribution >= 4 is 5.71 Å². The van der Waals surface area contributed by atoms with Gasteiger partial charge in [-0.1, -0.05) is 18.2 Å². The van der Waals surface area contributed by atoms with Gasteiger partial charge in [0.15, 0.2) is 0 Å². The molecule has 118 valence electrons. The summed E-state index contributed by atoms with van der Waals surface area (Å²) in [6, 6.07) is 13.5. The smallest absolute Gasteiger partial charge is 0.270 e. The highest BCUT2D eigenvalue weighted by Crippen LogP contribution is 2.31. The molecule has 0 aromatic heterocycles. The van der Waals surface area contributed by atoms with E-state index in [4.69, 9.17) is 4.74 Å². The molecule has 2 aromatic rings. The molecule has 0 spiro atoms. The highest BCUT2D eigenvalue weighted by Gasteiger charge is 2.24. The van der Waals surface area contributed by atoms with E-state index >= 15 is 0 Å². The molecule has 0 radical (unpaired) electrons. The first-order valence-corrected chi connectivity index (χ1v) is 7.51. The maximum Gasteiger partial charge on any atom is 0.270 e. The fraction of sp³-hybridized carbons (Fsp3) is 0.211. The van der Waals surface area contributed by atoms with Gasteiger partial charge in [0.05, 0.1) is 0 Å². The number of alkyl halides is 2. The second-order valence-corrected chi connectivity index (χ2v) is 5.54. The van der Waals surface area contributed by atoms with Gasteiger partial charge < -0.3 is 4.74 Å². The van der Waals surface area contributed by atoms with Crippen molar-refractivity contribution in [3.63, 3.8) is 0 Å². The van der Waals surface area contributed by atoms with Gasteiger partial charge in [0.25, 0.3) is 5.92 Å². The number of nitrogens with zero attached hydrogens (tertiary/aromatic N) is 1. The predicted octanol–water partition coefficient (Wildman–Crippen LogP) is 5.69. The van der Waals surface area contributed by atoms with Crippen LogP contribution in [-0.2, 0) is 5.92 Å². The maximum absolute atomic E-state index is 13.4. The molecule has 0 bridgehead atoms. The largest absolute Gasteiger partial charge is 0.457 e. The first kappa shape index (κ1) is 15.4. The van der Waals surface area contributed by atoms with Crippen LogP contribution >= 0.6 is 0 Å². The average molecular weight is 313 g/mol. The van der Waals surface area contributed by atoms with Gasteiger partial charge in [-0.25, -0.2) is 8.78 Å². The number of allylic oxidation sites excluding steroid dienone is 1. The third-order valence-corrected chi connectivity index (χ3v) is 3.65. The van der Waals surface area contributed by atoms with Crippen LogP contribution in [0.5, 0.6) is 11.5 Å². The average Bonchev–Trinajstić information content (AvgIpc) is 2.56. The van der Waals surface area contributed by atoms with Gasteiger partial charge in [0.1, 0.15) is 11.5 Å². The van der Waals surface area contributed by atoms with E-state index < -0.39 is 5.92 Å². The molecule has 0 amide bonds. The van der Waals surface area contributed by atoms with Crippen molar-refractivity contribution in [3.8, 4) is 11.5 Å². The summed E-state index contributed by atoms with van der Waals surface area (Å²) in [6.45, 7) is 0.875. The van der Waals surface area contributed by atoms with Crippen LogP contribution < -0.4 is 4.74 Å². The maximum atomic E-state index is 13.4. The van der Waals surface area contributed by atoms with Crippen LogP contribution in [0.25, 0.3) is 0 Å². The van der Waals surface area contributed by atoms with Crippen molar-refractivity contribution in [1.29, 1.82) is 0 Å². The summed E-state index contributed by atoms with van der Waals surface area (Å²) in [4.78, 5) is 4.36. The fourth-order valence-electron chi connectivity index (χ4n) is 2.40. The minimum atomic E-state index is -2.88. The van der Waals surface area contributed by atoms with Gasteiger partial charge in [-0.3, -0.25) is 4.99 Å². The number of ether oxygens (including phenoxy) is 1. The summed E-state index contributed by atoms with van der Waals surface area (Å²) in [5.74, 6) is -1.87. The summed E-state index contributed by atoms with van der Waals surface area (Å²) in [5, 5.41) is 0. The van der Waals surface area contributed by atoms with E-state index in [2.05, 4.69) is 4.99 Å². The highest BCUT2D eigenvalue weighted by atomic mass is 19.3. The van der Waals surface area contributed by atoms with E-state index in [0.29, 0.717) is 11.5 Å². The van der Waals surface area contributed by atoms with Crippen LogP contribution in [-0.4, -0.2) is 5.71 Å². The van der Waals surface area contributed by atoms with Crippen LogP contribution in [0.2, 0.25) is 0 Å².